The number of piperazine rings is 1. The molecule has 2 heteroatoms. The smallest absolute Gasteiger partial charge is 0.0126 e. The van der Waals surface area contributed by atoms with E-state index in [1.807, 2.05) is 0 Å². The molecule has 0 aromatic rings. The highest BCUT2D eigenvalue weighted by atomic mass is 15.3. The van der Waals surface area contributed by atoms with Crippen molar-refractivity contribution in [2.24, 2.45) is 11.3 Å². The molecule has 1 aliphatic heterocycles. The van der Waals surface area contributed by atoms with Gasteiger partial charge in [-0.25, -0.2) is 0 Å². The predicted octanol–water partition coefficient (Wildman–Crippen LogP) is 4.34. The van der Waals surface area contributed by atoms with Crippen molar-refractivity contribution in [1.29, 1.82) is 0 Å². The van der Waals surface area contributed by atoms with E-state index in [9.17, 15) is 0 Å². The fraction of sp³-hybridized carbons (Fsp3) is 0.800. The van der Waals surface area contributed by atoms with Crippen molar-refractivity contribution in [3.8, 4) is 0 Å². The zero-order valence-electron chi connectivity index (χ0n) is 15.7. The molecule has 1 saturated heterocycles. The predicted molar refractivity (Wildman–Crippen MR) is 97.2 cm³/mol. The Balaban J connectivity index is 1.67. The van der Waals surface area contributed by atoms with Crippen molar-refractivity contribution in [2.45, 2.75) is 59.9 Å². The summed E-state index contributed by atoms with van der Waals surface area (Å²) in [5.74, 6) is 0.671. The Morgan fingerprint density at radius 1 is 1.00 bits per heavy atom. The normalized spacial score (nSPS) is 24.8. The minimum Gasteiger partial charge on any atom is -0.301 e. The molecule has 22 heavy (non-hydrogen) atoms. The van der Waals surface area contributed by atoms with Crippen molar-refractivity contribution >= 4 is 0 Å². The number of allylic oxidation sites excluding steroid dienone is 4. The lowest BCUT2D eigenvalue weighted by Gasteiger charge is -2.42. The first-order valence-corrected chi connectivity index (χ1v) is 9.04. The maximum absolute atomic E-state index is 2.65. The van der Waals surface area contributed by atoms with Gasteiger partial charge in [0, 0.05) is 31.7 Å². The van der Waals surface area contributed by atoms with Gasteiger partial charge < -0.3 is 4.90 Å². The average Bonchev–Trinajstić information content (AvgIpc) is 2.87. The van der Waals surface area contributed by atoms with E-state index in [0.29, 0.717) is 16.9 Å². The van der Waals surface area contributed by atoms with E-state index in [1.54, 1.807) is 0 Å². The quantitative estimate of drug-likeness (QED) is 0.762. The molecular formula is C20H36N2. The molecule has 2 nitrogen and oxygen atoms in total. The minimum atomic E-state index is 0.300. The Morgan fingerprint density at radius 3 is 2.14 bits per heavy atom. The third kappa shape index (κ3) is 4.96. The first kappa shape index (κ1) is 17.7. The van der Waals surface area contributed by atoms with Gasteiger partial charge in [0.25, 0.3) is 0 Å². The van der Waals surface area contributed by atoms with Crippen molar-refractivity contribution in [1.82, 2.24) is 9.80 Å². The van der Waals surface area contributed by atoms with Crippen LogP contribution in [0.5, 0.6) is 0 Å². The van der Waals surface area contributed by atoms with Gasteiger partial charge in [0.2, 0.25) is 0 Å². The van der Waals surface area contributed by atoms with Crippen LogP contribution in [0.1, 0.15) is 54.4 Å². The van der Waals surface area contributed by atoms with E-state index in [1.165, 1.54) is 51.1 Å². The van der Waals surface area contributed by atoms with Gasteiger partial charge in [-0.3, -0.25) is 4.90 Å². The second-order valence-corrected chi connectivity index (χ2v) is 9.04. The summed E-state index contributed by atoms with van der Waals surface area (Å²) in [6.45, 7) is 20.1. The summed E-state index contributed by atoms with van der Waals surface area (Å²) < 4.78 is 0. The van der Waals surface area contributed by atoms with Gasteiger partial charge >= 0.3 is 0 Å². The van der Waals surface area contributed by atoms with Crippen LogP contribution in [0.3, 0.4) is 0 Å². The van der Waals surface area contributed by atoms with Gasteiger partial charge in [-0.2, -0.15) is 0 Å². The molecule has 0 radical (unpaired) electrons. The van der Waals surface area contributed by atoms with E-state index < -0.39 is 0 Å². The van der Waals surface area contributed by atoms with E-state index in [-0.39, 0.29) is 0 Å². The Labute approximate surface area is 138 Å². The summed E-state index contributed by atoms with van der Waals surface area (Å²) in [5.41, 5.74) is 2.14. The molecule has 0 aromatic heterocycles. The van der Waals surface area contributed by atoms with Crippen molar-refractivity contribution in [2.75, 3.05) is 32.7 Å². The first-order valence-electron chi connectivity index (χ1n) is 9.04. The van der Waals surface area contributed by atoms with Crippen molar-refractivity contribution < 1.29 is 0 Å². The molecule has 0 saturated carbocycles. The second-order valence-electron chi connectivity index (χ2n) is 9.04. The SMILES string of the molecule is CC(C)(C)C1=CC(CCCN2CCN(C(C)(C)C)CC2)C=C1. The topological polar surface area (TPSA) is 6.48 Å². The van der Waals surface area contributed by atoms with Crippen LogP contribution in [0.4, 0.5) is 0 Å². The molecule has 0 N–H and O–H groups in total. The number of nitrogens with zero attached hydrogens (tertiary/aromatic N) is 2. The molecule has 2 aliphatic rings. The van der Waals surface area contributed by atoms with Gasteiger partial charge in [-0.05, 0) is 57.1 Å². The Bertz CT molecular complexity index is 412. The zero-order chi connectivity index (χ0) is 16.4. The zero-order valence-corrected chi connectivity index (χ0v) is 15.7. The monoisotopic (exact) mass is 304 g/mol. The van der Waals surface area contributed by atoms with E-state index in [4.69, 9.17) is 0 Å². The summed E-state index contributed by atoms with van der Waals surface area (Å²) in [5, 5.41) is 0. The summed E-state index contributed by atoms with van der Waals surface area (Å²) in [6, 6.07) is 0. The van der Waals surface area contributed by atoms with Crippen LogP contribution in [0.2, 0.25) is 0 Å². The Hall–Kier alpha value is -0.600. The van der Waals surface area contributed by atoms with Gasteiger partial charge in [-0.15, -0.1) is 0 Å². The van der Waals surface area contributed by atoms with E-state index in [2.05, 4.69) is 69.6 Å². The first-order chi connectivity index (χ1) is 10.2. The highest BCUT2D eigenvalue weighted by Gasteiger charge is 2.25. The highest BCUT2D eigenvalue weighted by Crippen LogP contribution is 2.33. The fourth-order valence-electron chi connectivity index (χ4n) is 3.44. The van der Waals surface area contributed by atoms with Crippen LogP contribution in [0, 0.1) is 11.3 Å². The molecule has 0 amide bonds. The third-order valence-corrected chi connectivity index (χ3v) is 5.12. The highest BCUT2D eigenvalue weighted by molar-refractivity contribution is 5.33. The number of hydrogen-bond donors (Lipinski definition) is 0. The molecule has 126 valence electrons. The molecule has 0 spiro atoms. The molecule has 1 fully saturated rings. The summed E-state index contributed by atoms with van der Waals surface area (Å²) in [6.07, 6.45) is 9.84. The van der Waals surface area contributed by atoms with Gasteiger partial charge in [-0.1, -0.05) is 39.0 Å². The summed E-state index contributed by atoms with van der Waals surface area (Å²) in [4.78, 5) is 5.26. The fourth-order valence-corrected chi connectivity index (χ4v) is 3.44. The van der Waals surface area contributed by atoms with Crippen LogP contribution >= 0.6 is 0 Å². The average molecular weight is 305 g/mol. The standard InChI is InChI=1S/C20H36N2/c1-19(2,3)18-10-9-17(16-18)8-7-11-21-12-14-22(15-13-21)20(4,5)6/h9-10,16-17H,7-8,11-15H2,1-6H3. The van der Waals surface area contributed by atoms with Crippen LogP contribution in [-0.2, 0) is 0 Å². The number of hydrogen-bond acceptors (Lipinski definition) is 2. The van der Waals surface area contributed by atoms with Crippen LogP contribution in [-0.4, -0.2) is 48.1 Å². The van der Waals surface area contributed by atoms with Crippen molar-refractivity contribution in [3.63, 3.8) is 0 Å². The lowest BCUT2D eigenvalue weighted by molar-refractivity contribution is 0.0615. The lowest BCUT2D eigenvalue weighted by Crippen LogP contribution is -2.53. The number of rotatable bonds is 4. The lowest BCUT2D eigenvalue weighted by atomic mass is 9.87. The van der Waals surface area contributed by atoms with Crippen LogP contribution in [0.15, 0.2) is 23.8 Å². The molecule has 2 rings (SSSR count). The minimum absolute atomic E-state index is 0.300. The van der Waals surface area contributed by atoms with E-state index >= 15 is 0 Å². The molecule has 0 aromatic carbocycles. The Morgan fingerprint density at radius 2 is 1.64 bits per heavy atom. The maximum Gasteiger partial charge on any atom is 0.0126 e. The molecule has 1 aliphatic carbocycles. The van der Waals surface area contributed by atoms with Gasteiger partial charge in [0.15, 0.2) is 0 Å². The second kappa shape index (κ2) is 6.88. The van der Waals surface area contributed by atoms with E-state index in [0.717, 1.165) is 0 Å². The molecular weight excluding hydrogens is 268 g/mol. The summed E-state index contributed by atoms with van der Waals surface area (Å²) >= 11 is 0. The summed E-state index contributed by atoms with van der Waals surface area (Å²) in [7, 11) is 0. The molecule has 0 bridgehead atoms. The third-order valence-electron chi connectivity index (χ3n) is 5.12. The molecule has 1 unspecified atom stereocenters. The van der Waals surface area contributed by atoms with Gasteiger partial charge in [0.1, 0.15) is 0 Å². The van der Waals surface area contributed by atoms with Crippen LogP contribution < -0.4 is 0 Å². The molecule has 1 atom stereocenters. The van der Waals surface area contributed by atoms with Crippen LogP contribution in [0.25, 0.3) is 0 Å². The Kier molecular flexibility index (Phi) is 5.55. The maximum atomic E-state index is 2.65. The largest absolute Gasteiger partial charge is 0.301 e. The van der Waals surface area contributed by atoms with Crippen molar-refractivity contribution in [3.05, 3.63) is 23.8 Å². The van der Waals surface area contributed by atoms with Gasteiger partial charge in [0.05, 0.1) is 0 Å². The molecule has 1 heterocycles.